The Hall–Kier alpha value is -2.57. The van der Waals surface area contributed by atoms with Gasteiger partial charge in [0.2, 0.25) is 17.9 Å². The van der Waals surface area contributed by atoms with Gasteiger partial charge in [-0.1, -0.05) is 12.1 Å². The van der Waals surface area contributed by atoms with Gasteiger partial charge in [-0.05, 0) is 37.8 Å². The van der Waals surface area contributed by atoms with Gasteiger partial charge in [0.05, 0.1) is 0 Å². The summed E-state index contributed by atoms with van der Waals surface area (Å²) in [6.07, 6.45) is 3.40. The summed E-state index contributed by atoms with van der Waals surface area (Å²) in [4.78, 5) is 14.6. The molecule has 3 aliphatic rings. The normalized spacial score (nSPS) is 23.1. The monoisotopic (exact) mass is 355 g/mol. The Morgan fingerprint density at radius 2 is 1.62 bits per heavy atom. The van der Waals surface area contributed by atoms with Crippen LogP contribution in [0, 0.1) is 0 Å². The number of ether oxygens (including phenoxy) is 2. The largest absolute Gasteiger partial charge is 0.485 e. The first-order valence-electron chi connectivity index (χ1n) is 9.28. The van der Waals surface area contributed by atoms with Crippen molar-refractivity contribution in [2.24, 2.45) is 0 Å². The highest BCUT2D eigenvalue weighted by Gasteiger charge is 2.35. The number of carbonyl (C=O) groups excluding carboxylic acids is 1. The van der Waals surface area contributed by atoms with E-state index in [1.54, 1.807) is 0 Å². The average Bonchev–Trinajstić information content (AvgIpc) is 3.44. The molecule has 2 aromatic rings. The molecule has 2 fully saturated rings. The lowest BCUT2D eigenvalue weighted by molar-refractivity contribution is -0.142. The molecule has 0 bridgehead atoms. The van der Waals surface area contributed by atoms with Crippen molar-refractivity contribution >= 4 is 5.91 Å². The van der Waals surface area contributed by atoms with Crippen LogP contribution in [0.4, 0.5) is 0 Å². The lowest BCUT2D eigenvalue weighted by atomic mass is 9.96. The minimum Gasteiger partial charge on any atom is -0.485 e. The van der Waals surface area contributed by atoms with Gasteiger partial charge >= 0.3 is 0 Å². The van der Waals surface area contributed by atoms with Gasteiger partial charge in [-0.3, -0.25) is 4.79 Å². The number of carbonyl (C=O) groups is 1. The molecular weight excluding hydrogens is 334 g/mol. The lowest BCUT2D eigenvalue weighted by Crippen LogP contribution is -2.48. The number of rotatable bonds is 3. The minimum atomic E-state index is -0.577. The molecule has 7 heteroatoms. The highest BCUT2D eigenvalue weighted by Crippen LogP contribution is 2.40. The minimum absolute atomic E-state index is 0.0119. The predicted molar refractivity (Wildman–Crippen MR) is 91.2 cm³/mol. The Bertz CT molecular complexity index is 809. The summed E-state index contributed by atoms with van der Waals surface area (Å²) < 4.78 is 17.3. The summed E-state index contributed by atoms with van der Waals surface area (Å²) >= 11 is 0. The summed E-state index contributed by atoms with van der Waals surface area (Å²) in [7, 11) is 0. The molecule has 136 valence electrons. The third-order valence-corrected chi connectivity index (χ3v) is 5.32. The van der Waals surface area contributed by atoms with Gasteiger partial charge in [-0.2, -0.15) is 0 Å². The van der Waals surface area contributed by atoms with E-state index in [2.05, 4.69) is 10.2 Å². The van der Waals surface area contributed by atoms with E-state index in [0.717, 1.165) is 37.5 Å². The van der Waals surface area contributed by atoms with Crippen LogP contribution >= 0.6 is 0 Å². The van der Waals surface area contributed by atoms with E-state index < -0.39 is 6.10 Å². The van der Waals surface area contributed by atoms with E-state index in [1.807, 2.05) is 29.2 Å². The second-order valence-electron chi connectivity index (χ2n) is 7.22. The van der Waals surface area contributed by atoms with Crippen LogP contribution in [0.25, 0.3) is 0 Å². The van der Waals surface area contributed by atoms with Crippen LogP contribution < -0.4 is 9.47 Å². The quantitative estimate of drug-likeness (QED) is 0.842. The number of piperidine rings is 1. The van der Waals surface area contributed by atoms with Crippen LogP contribution in [0.5, 0.6) is 11.5 Å². The van der Waals surface area contributed by atoms with Crippen molar-refractivity contribution < 1.29 is 18.7 Å². The van der Waals surface area contributed by atoms with Crippen LogP contribution in [0.1, 0.15) is 49.3 Å². The van der Waals surface area contributed by atoms with Crippen molar-refractivity contribution in [3.8, 4) is 11.5 Å². The van der Waals surface area contributed by atoms with Gasteiger partial charge in [0.1, 0.15) is 6.61 Å². The topological polar surface area (TPSA) is 77.7 Å². The van der Waals surface area contributed by atoms with Crippen molar-refractivity contribution in [2.75, 3.05) is 19.7 Å². The smallest absolute Gasteiger partial charge is 0.267 e. The Morgan fingerprint density at radius 1 is 0.962 bits per heavy atom. The summed E-state index contributed by atoms with van der Waals surface area (Å²) in [6, 6.07) is 7.44. The first-order valence-corrected chi connectivity index (χ1v) is 9.28. The maximum atomic E-state index is 12.8. The number of hydrogen-bond donors (Lipinski definition) is 0. The third kappa shape index (κ3) is 2.91. The van der Waals surface area contributed by atoms with Gasteiger partial charge in [0, 0.05) is 24.9 Å². The second kappa shape index (κ2) is 6.30. The molecule has 5 rings (SSSR count). The molecule has 2 aliphatic heterocycles. The summed E-state index contributed by atoms with van der Waals surface area (Å²) in [5, 5.41) is 8.39. The number of benzene rings is 1. The summed E-state index contributed by atoms with van der Waals surface area (Å²) in [5.41, 5.74) is 0. The van der Waals surface area contributed by atoms with Crippen molar-refractivity contribution in [2.45, 2.75) is 43.6 Å². The Kier molecular flexibility index (Phi) is 3.80. The molecule has 0 N–H and O–H groups in total. The molecule has 0 spiro atoms. The molecule has 0 unspecified atom stereocenters. The zero-order valence-electron chi connectivity index (χ0n) is 14.5. The number of para-hydroxylation sites is 2. The summed E-state index contributed by atoms with van der Waals surface area (Å²) in [5.74, 6) is 3.54. The van der Waals surface area contributed by atoms with E-state index in [4.69, 9.17) is 13.9 Å². The molecule has 1 aromatic carbocycles. The standard InChI is InChI=1S/C19H21N3O4/c23-19(16-11-24-14-3-1-2-4-15(14)25-16)22-9-7-13(8-10-22)18-21-20-17(26-18)12-5-6-12/h1-4,12-13,16H,5-11H2/t16-/m0/s1. The molecule has 1 amide bonds. The molecule has 1 atom stereocenters. The number of hydrogen-bond acceptors (Lipinski definition) is 6. The Morgan fingerprint density at radius 3 is 2.31 bits per heavy atom. The number of nitrogens with zero attached hydrogens (tertiary/aromatic N) is 3. The van der Waals surface area contributed by atoms with Crippen LogP contribution in [0.2, 0.25) is 0 Å². The maximum Gasteiger partial charge on any atom is 0.267 e. The van der Waals surface area contributed by atoms with E-state index in [9.17, 15) is 4.79 Å². The molecule has 1 saturated carbocycles. The molecular formula is C19H21N3O4. The van der Waals surface area contributed by atoms with Crippen molar-refractivity contribution in [3.05, 3.63) is 36.0 Å². The zero-order chi connectivity index (χ0) is 17.5. The first-order chi connectivity index (χ1) is 12.8. The number of amides is 1. The summed E-state index contributed by atoms with van der Waals surface area (Å²) in [6.45, 7) is 1.60. The fourth-order valence-corrected chi connectivity index (χ4v) is 3.60. The SMILES string of the molecule is O=C([C@@H]1COc2ccccc2O1)N1CCC(c2nnc(C3CC3)o2)CC1. The number of fused-ring (bicyclic) bond motifs is 1. The number of likely N-dealkylation sites (tertiary alicyclic amines) is 1. The van der Waals surface area contributed by atoms with Crippen molar-refractivity contribution in [1.29, 1.82) is 0 Å². The molecule has 1 aliphatic carbocycles. The highest BCUT2D eigenvalue weighted by molar-refractivity contribution is 5.82. The van der Waals surface area contributed by atoms with E-state index >= 15 is 0 Å². The van der Waals surface area contributed by atoms with Crippen LogP contribution in [-0.4, -0.2) is 46.8 Å². The fraction of sp³-hybridized carbons (Fsp3) is 0.526. The van der Waals surface area contributed by atoms with E-state index in [1.165, 1.54) is 0 Å². The Labute approximate surface area is 151 Å². The maximum absolute atomic E-state index is 12.8. The van der Waals surface area contributed by atoms with E-state index in [-0.39, 0.29) is 18.4 Å². The first kappa shape index (κ1) is 15.7. The van der Waals surface area contributed by atoms with E-state index in [0.29, 0.717) is 30.5 Å². The molecule has 1 saturated heterocycles. The fourth-order valence-electron chi connectivity index (χ4n) is 3.60. The number of aromatic nitrogens is 2. The van der Waals surface area contributed by atoms with Crippen LogP contribution in [0.15, 0.2) is 28.7 Å². The molecule has 0 radical (unpaired) electrons. The van der Waals surface area contributed by atoms with Crippen molar-refractivity contribution in [3.63, 3.8) is 0 Å². The van der Waals surface area contributed by atoms with Gasteiger partial charge in [-0.15, -0.1) is 10.2 Å². The van der Waals surface area contributed by atoms with Crippen LogP contribution in [0.3, 0.4) is 0 Å². The molecule has 26 heavy (non-hydrogen) atoms. The third-order valence-electron chi connectivity index (χ3n) is 5.32. The zero-order valence-corrected chi connectivity index (χ0v) is 14.5. The van der Waals surface area contributed by atoms with Crippen molar-refractivity contribution in [1.82, 2.24) is 15.1 Å². The molecule has 1 aromatic heterocycles. The van der Waals surface area contributed by atoms with Gasteiger partial charge in [-0.25, -0.2) is 0 Å². The van der Waals surface area contributed by atoms with Gasteiger partial charge < -0.3 is 18.8 Å². The lowest BCUT2D eigenvalue weighted by Gasteiger charge is -2.34. The second-order valence-corrected chi connectivity index (χ2v) is 7.22. The average molecular weight is 355 g/mol. The predicted octanol–water partition coefficient (Wildman–Crippen LogP) is 2.49. The molecule has 7 nitrogen and oxygen atoms in total. The van der Waals surface area contributed by atoms with Gasteiger partial charge in [0.15, 0.2) is 11.5 Å². The molecule has 3 heterocycles. The Balaban J connectivity index is 1.19. The van der Waals surface area contributed by atoms with Gasteiger partial charge in [0.25, 0.3) is 5.91 Å². The highest BCUT2D eigenvalue weighted by atomic mass is 16.6. The van der Waals surface area contributed by atoms with Crippen LogP contribution in [-0.2, 0) is 4.79 Å².